The molecule has 2 nitrogen and oxygen atoms in total. The molecule has 8 heavy (non-hydrogen) atoms. The van der Waals surface area contributed by atoms with Crippen LogP contribution in [0.25, 0.3) is 0 Å². The van der Waals surface area contributed by atoms with Crippen molar-refractivity contribution >= 4 is 29.6 Å². The van der Waals surface area contributed by atoms with Crippen LogP contribution >= 0.6 is 0 Å². The second-order valence-corrected chi connectivity index (χ2v) is 1.21. The number of nitrogens with zero attached hydrogens (tertiary/aromatic N) is 1. The Bertz CT molecular complexity index is 142. The molecule has 1 aromatic heterocycles. The van der Waals surface area contributed by atoms with E-state index < -0.39 is 0 Å². The van der Waals surface area contributed by atoms with Crippen molar-refractivity contribution in [3.8, 4) is 5.75 Å². The van der Waals surface area contributed by atoms with Gasteiger partial charge in [-0.15, -0.1) is 0 Å². The maximum atomic E-state index is 8.59. The predicted octanol–water partition coefficient (Wildman–Crippen LogP) is 0.139. The molecule has 0 aliphatic carbocycles. The number of hydrogen-bond donors (Lipinski definition) is 1. The Morgan fingerprint density at radius 2 is 1.75 bits per heavy atom. The van der Waals surface area contributed by atoms with Crippen molar-refractivity contribution in [3.05, 3.63) is 24.5 Å². The number of aromatic hydroxyl groups is 1. The second-order valence-electron chi connectivity index (χ2n) is 1.21. The van der Waals surface area contributed by atoms with Crippen LogP contribution in [0.5, 0.6) is 5.75 Å². The molecule has 1 N–H and O–H groups in total. The summed E-state index contributed by atoms with van der Waals surface area (Å²) >= 11 is 0. The van der Waals surface area contributed by atoms with Crippen LogP contribution < -0.4 is 0 Å². The van der Waals surface area contributed by atoms with Gasteiger partial charge >= 0.3 is 29.6 Å². The third-order valence-electron chi connectivity index (χ3n) is 0.663. The average Bonchev–Trinajstić information content (AvgIpc) is 1.69. The molecule has 0 amide bonds. The van der Waals surface area contributed by atoms with Crippen molar-refractivity contribution in [1.29, 1.82) is 0 Å². The molecule has 0 aliphatic heterocycles. The molecule has 3 heteroatoms. The Kier molecular flexibility index (Phi) is 3.87. The standard InChI is InChI=1S/C5H5NO.Na.H/c7-5-1-3-6-4-2-5;;/h1-4H,(H,6,7);;. The minimum absolute atomic E-state index is 0. The van der Waals surface area contributed by atoms with E-state index in [4.69, 9.17) is 5.11 Å². The Morgan fingerprint density at radius 1 is 1.25 bits per heavy atom. The first-order chi connectivity index (χ1) is 3.39. The van der Waals surface area contributed by atoms with Gasteiger partial charge in [-0.2, -0.15) is 0 Å². The molecule has 0 radical (unpaired) electrons. The molecule has 38 valence electrons. The Balaban J connectivity index is 0.000000490. The van der Waals surface area contributed by atoms with Gasteiger partial charge in [0.05, 0.1) is 0 Å². The molecular weight excluding hydrogens is 113 g/mol. The summed E-state index contributed by atoms with van der Waals surface area (Å²) in [6.45, 7) is 0. The van der Waals surface area contributed by atoms with E-state index in [0.29, 0.717) is 0 Å². The van der Waals surface area contributed by atoms with Gasteiger partial charge in [0.25, 0.3) is 0 Å². The fourth-order valence-electron chi connectivity index (χ4n) is 0.344. The summed E-state index contributed by atoms with van der Waals surface area (Å²) in [5, 5.41) is 8.59. The first-order valence-corrected chi connectivity index (χ1v) is 1.98. The Morgan fingerprint density at radius 3 is 2.00 bits per heavy atom. The van der Waals surface area contributed by atoms with Crippen molar-refractivity contribution in [2.24, 2.45) is 0 Å². The molecule has 0 saturated heterocycles. The van der Waals surface area contributed by atoms with E-state index in [2.05, 4.69) is 4.98 Å². The van der Waals surface area contributed by atoms with Gasteiger partial charge in [-0.25, -0.2) is 0 Å². The van der Waals surface area contributed by atoms with Crippen molar-refractivity contribution < 1.29 is 5.11 Å². The van der Waals surface area contributed by atoms with Crippen LogP contribution in [-0.2, 0) is 0 Å². The minimum atomic E-state index is 0. The van der Waals surface area contributed by atoms with E-state index in [9.17, 15) is 0 Å². The van der Waals surface area contributed by atoms with Gasteiger partial charge in [-0.05, 0) is 12.1 Å². The molecular formula is C5H6NNaO. The molecule has 0 bridgehead atoms. The van der Waals surface area contributed by atoms with Crippen LogP contribution in [0.2, 0.25) is 0 Å². The van der Waals surface area contributed by atoms with Gasteiger partial charge in [-0.3, -0.25) is 4.98 Å². The van der Waals surface area contributed by atoms with E-state index in [1.165, 1.54) is 24.5 Å². The van der Waals surface area contributed by atoms with Gasteiger partial charge < -0.3 is 5.11 Å². The first-order valence-electron chi connectivity index (χ1n) is 1.98. The molecule has 0 aromatic carbocycles. The van der Waals surface area contributed by atoms with Crippen molar-refractivity contribution in [1.82, 2.24) is 4.98 Å². The van der Waals surface area contributed by atoms with Crippen LogP contribution in [0.15, 0.2) is 24.5 Å². The van der Waals surface area contributed by atoms with E-state index >= 15 is 0 Å². The van der Waals surface area contributed by atoms with E-state index in [1.54, 1.807) is 0 Å². The Labute approximate surface area is 69.9 Å². The van der Waals surface area contributed by atoms with Crippen molar-refractivity contribution in [2.75, 3.05) is 0 Å². The Hall–Kier alpha value is -0.0500. The predicted molar refractivity (Wildman–Crippen MR) is 33.1 cm³/mol. The molecule has 0 fully saturated rings. The number of pyridine rings is 1. The monoisotopic (exact) mass is 119 g/mol. The van der Waals surface area contributed by atoms with E-state index in [0.717, 1.165) is 0 Å². The molecule has 0 aliphatic rings. The van der Waals surface area contributed by atoms with E-state index in [1.807, 2.05) is 0 Å². The van der Waals surface area contributed by atoms with Gasteiger partial charge in [0.1, 0.15) is 5.75 Å². The molecule has 1 aromatic rings. The zero-order valence-electron chi connectivity index (χ0n) is 3.70. The summed E-state index contributed by atoms with van der Waals surface area (Å²) in [6, 6.07) is 3.06. The van der Waals surface area contributed by atoms with Crippen LogP contribution in [0, 0.1) is 0 Å². The van der Waals surface area contributed by atoms with Crippen LogP contribution in [-0.4, -0.2) is 39.6 Å². The van der Waals surface area contributed by atoms with Gasteiger partial charge in [0, 0.05) is 12.4 Å². The van der Waals surface area contributed by atoms with Gasteiger partial charge in [0.15, 0.2) is 0 Å². The van der Waals surface area contributed by atoms with Crippen LogP contribution in [0.4, 0.5) is 0 Å². The maximum absolute atomic E-state index is 8.59. The number of hydrogen-bond acceptors (Lipinski definition) is 2. The van der Waals surface area contributed by atoms with Crippen LogP contribution in [0.3, 0.4) is 0 Å². The molecule has 1 heterocycles. The van der Waals surface area contributed by atoms with Crippen LogP contribution in [0.1, 0.15) is 0 Å². The molecule has 0 saturated carbocycles. The zero-order valence-corrected chi connectivity index (χ0v) is 3.70. The fourth-order valence-corrected chi connectivity index (χ4v) is 0.344. The normalized spacial score (nSPS) is 7.50. The molecule has 1 rings (SSSR count). The molecule has 0 spiro atoms. The summed E-state index contributed by atoms with van der Waals surface area (Å²) in [6.07, 6.45) is 3.07. The topological polar surface area (TPSA) is 33.1 Å². The van der Waals surface area contributed by atoms with Gasteiger partial charge in [0.2, 0.25) is 0 Å². The molecule has 0 atom stereocenters. The quantitative estimate of drug-likeness (QED) is 0.493. The zero-order chi connectivity index (χ0) is 5.11. The third-order valence-corrected chi connectivity index (χ3v) is 0.663. The van der Waals surface area contributed by atoms with Crippen molar-refractivity contribution in [2.45, 2.75) is 0 Å². The van der Waals surface area contributed by atoms with E-state index in [-0.39, 0.29) is 35.3 Å². The van der Waals surface area contributed by atoms with Crippen molar-refractivity contribution in [3.63, 3.8) is 0 Å². The third kappa shape index (κ3) is 2.31. The summed E-state index contributed by atoms with van der Waals surface area (Å²) < 4.78 is 0. The summed E-state index contributed by atoms with van der Waals surface area (Å²) in [4.78, 5) is 3.69. The first kappa shape index (κ1) is 7.95. The molecule has 0 unspecified atom stereocenters. The van der Waals surface area contributed by atoms with Gasteiger partial charge in [-0.1, -0.05) is 0 Å². The summed E-state index contributed by atoms with van der Waals surface area (Å²) in [5.41, 5.74) is 0. The summed E-state index contributed by atoms with van der Waals surface area (Å²) in [5.74, 6) is 0.259. The second kappa shape index (κ2) is 3.89. The number of aromatic nitrogens is 1. The number of rotatable bonds is 0. The average molecular weight is 119 g/mol. The SMILES string of the molecule is Oc1ccncc1.[NaH]. The fraction of sp³-hybridized carbons (Fsp3) is 0. The summed E-state index contributed by atoms with van der Waals surface area (Å²) in [7, 11) is 0.